The van der Waals surface area contributed by atoms with Gasteiger partial charge in [-0.1, -0.05) is 0 Å². The van der Waals surface area contributed by atoms with Crippen LogP contribution in [0.5, 0.6) is 0 Å². The topological polar surface area (TPSA) is 84.2 Å². The van der Waals surface area contributed by atoms with Gasteiger partial charge in [-0.15, -0.1) is 0 Å². The van der Waals surface area contributed by atoms with Crippen molar-refractivity contribution in [1.82, 2.24) is 29.3 Å². The molecule has 0 N–H and O–H groups in total. The van der Waals surface area contributed by atoms with Crippen molar-refractivity contribution in [1.29, 1.82) is 0 Å². The number of likely N-dealkylation sites (tertiary alicyclic amines) is 1. The van der Waals surface area contributed by atoms with Crippen LogP contribution in [0.3, 0.4) is 0 Å². The highest BCUT2D eigenvalue weighted by molar-refractivity contribution is 5.78. The Kier molecular flexibility index (Phi) is 5.13. The second-order valence-corrected chi connectivity index (χ2v) is 7.17. The average molecular weight is 368 g/mol. The van der Waals surface area contributed by atoms with Crippen LogP contribution in [0.2, 0.25) is 0 Å². The molecule has 1 saturated heterocycles. The maximum Gasteiger partial charge on any atom is 0.223 e. The number of hydrogen-bond donors (Lipinski definition) is 0. The minimum Gasteiger partial charge on any atom is -0.337 e. The van der Waals surface area contributed by atoms with Gasteiger partial charge in [-0.2, -0.15) is 0 Å². The highest BCUT2D eigenvalue weighted by atomic mass is 16.2. The number of rotatable bonds is 5. The van der Waals surface area contributed by atoms with Gasteiger partial charge in [0.25, 0.3) is 0 Å². The highest BCUT2D eigenvalue weighted by Crippen LogP contribution is 2.21. The third-order valence-electron chi connectivity index (χ3n) is 5.31. The summed E-state index contributed by atoms with van der Waals surface area (Å²) in [5.74, 6) is 0.333. The highest BCUT2D eigenvalue weighted by Gasteiger charge is 2.26. The van der Waals surface area contributed by atoms with Gasteiger partial charge in [-0.05, 0) is 24.8 Å². The fourth-order valence-electron chi connectivity index (χ4n) is 3.78. The van der Waals surface area contributed by atoms with Gasteiger partial charge >= 0.3 is 0 Å². The van der Waals surface area contributed by atoms with E-state index in [1.807, 2.05) is 16.1 Å². The lowest BCUT2D eigenvalue weighted by Gasteiger charge is -2.21. The van der Waals surface area contributed by atoms with Crippen LogP contribution in [0.4, 0.5) is 0 Å². The van der Waals surface area contributed by atoms with Crippen LogP contribution < -0.4 is 0 Å². The SMILES string of the molecule is O=C1CCCN1Cc1ncn2c1CN(C(=O)CCc1cncnc1)CCC2. The maximum absolute atomic E-state index is 12.8. The molecule has 0 radical (unpaired) electrons. The lowest BCUT2D eigenvalue weighted by atomic mass is 10.1. The molecule has 0 aromatic carbocycles. The van der Waals surface area contributed by atoms with E-state index in [9.17, 15) is 9.59 Å². The molecule has 2 aliphatic heterocycles. The summed E-state index contributed by atoms with van der Waals surface area (Å²) in [7, 11) is 0. The van der Waals surface area contributed by atoms with Crippen LogP contribution in [0.15, 0.2) is 25.0 Å². The van der Waals surface area contributed by atoms with E-state index in [0.29, 0.717) is 32.4 Å². The maximum atomic E-state index is 12.8. The third kappa shape index (κ3) is 3.99. The lowest BCUT2D eigenvalue weighted by Crippen LogP contribution is -2.32. The zero-order chi connectivity index (χ0) is 18.6. The summed E-state index contributed by atoms with van der Waals surface area (Å²) < 4.78 is 2.13. The van der Waals surface area contributed by atoms with E-state index in [1.165, 1.54) is 6.33 Å². The van der Waals surface area contributed by atoms with Crippen LogP contribution in [-0.2, 0) is 35.6 Å². The first-order chi connectivity index (χ1) is 13.2. The van der Waals surface area contributed by atoms with Gasteiger partial charge in [0.2, 0.25) is 11.8 Å². The van der Waals surface area contributed by atoms with Gasteiger partial charge in [0.15, 0.2) is 0 Å². The summed E-state index contributed by atoms with van der Waals surface area (Å²) in [6.45, 7) is 3.50. The summed E-state index contributed by atoms with van der Waals surface area (Å²) in [6.07, 6.45) is 10.4. The largest absolute Gasteiger partial charge is 0.337 e. The zero-order valence-corrected chi connectivity index (χ0v) is 15.4. The van der Waals surface area contributed by atoms with Crippen molar-refractivity contribution in [3.05, 3.63) is 42.0 Å². The molecule has 0 aliphatic carbocycles. The van der Waals surface area contributed by atoms with E-state index < -0.39 is 0 Å². The van der Waals surface area contributed by atoms with Crippen molar-refractivity contribution in [2.24, 2.45) is 0 Å². The molecule has 8 nitrogen and oxygen atoms in total. The van der Waals surface area contributed by atoms with Crippen LogP contribution in [0.25, 0.3) is 0 Å². The molecule has 4 heterocycles. The Balaban J connectivity index is 1.43. The van der Waals surface area contributed by atoms with E-state index >= 15 is 0 Å². The van der Waals surface area contributed by atoms with E-state index in [1.54, 1.807) is 12.4 Å². The molecule has 0 atom stereocenters. The van der Waals surface area contributed by atoms with E-state index in [4.69, 9.17) is 0 Å². The Hall–Kier alpha value is -2.77. The number of nitrogens with zero attached hydrogens (tertiary/aromatic N) is 6. The fraction of sp³-hybridized carbons (Fsp3) is 0.526. The molecule has 8 heteroatoms. The zero-order valence-electron chi connectivity index (χ0n) is 15.4. The second kappa shape index (κ2) is 7.85. The Labute approximate surface area is 158 Å². The fourth-order valence-corrected chi connectivity index (χ4v) is 3.78. The number of carbonyl (C=O) groups is 2. The first-order valence-electron chi connectivity index (χ1n) is 9.53. The quantitative estimate of drug-likeness (QED) is 0.791. The molecule has 0 spiro atoms. The van der Waals surface area contributed by atoms with Gasteiger partial charge in [-0.25, -0.2) is 15.0 Å². The standard InChI is InChI=1S/C19H24N6O2/c26-18-3-1-6-23(18)11-16-17-12-24(7-2-8-25(17)14-22-16)19(27)5-4-15-9-20-13-21-10-15/h9-10,13-14H,1-8,11-12H2. The van der Waals surface area contributed by atoms with Crippen LogP contribution in [-0.4, -0.2) is 54.2 Å². The smallest absolute Gasteiger partial charge is 0.223 e. The molecule has 2 aromatic heterocycles. The number of aryl methyl sites for hydroxylation is 2. The molecule has 2 aromatic rings. The van der Waals surface area contributed by atoms with Crippen molar-refractivity contribution in [2.75, 3.05) is 13.1 Å². The summed E-state index contributed by atoms with van der Waals surface area (Å²) in [4.78, 5) is 41.0. The molecular weight excluding hydrogens is 344 g/mol. The summed E-state index contributed by atoms with van der Waals surface area (Å²) in [5, 5.41) is 0. The van der Waals surface area contributed by atoms with Crippen molar-refractivity contribution in [2.45, 2.75) is 51.7 Å². The molecule has 0 saturated carbocycles. The third-order valence-corrected chi connectivity index (χ3v) is 5.31. The molecule has 142 valence electrons. The number of aromatic nitrogens is 4. The second-order valence-electron chi connectivity index (χ2n) is 7.17. The average Bonchev–Trinajstić information content (AvgIpc) is 3.19. The summed E-state index contributed by atoms with van der Waals surface area (Å²) >= 11 is 0. The van der Waals surface area contributed by atoms with Gasteiger partial charge < -0.3 is 14.4 Å². The van der Waals surface area contributed by atoms with Crippen LogP contribution >= 0.6 is 0 Å². The van der Waals surface area contributed by atoms with Crippen molar-refractivity contribution < 1.29 is 9.59 Å². The number of carbonyl (C=O) groups excluding carboxylic acids is 2. The number of amides is 2. The summed E-state index contributed by atoms with van der Waals surface area (Å²) in [6, 6.07) is 0. The number of fused-ring (bicyclic) bond motifs is 1. The number of imidazole rings is 1. The molecule has 2 aliphatic rings. The monoisotopic (exact) mass is 368 g/mol. The summed E-state index contributed by atoms with van der Waals surface area (Å²) in [5.41, 5.74) is 2.95. The van der Waals surface area contributed by atoms with Crippen molar-refractivity contribution >= 4 is 11.8 Å². The minimum atomic E-state index is 0.136. The van der Waals surface area contributed by atoms with Gasteiger partial charge in [0.05, 0.1) is 30.8 Å². The molecule has 2 amide bonds. The van der Waals surface area contributed by atoms with E-state index in [2.05, 4.69) is 19.5 Å². The van der Waals surface area contributed by atoms with Gasteiger partial charge in [0.1, 0.15) is 6.33 Å². The predicted octanol–water partition coefficient (Wildman–Crippen LogP) is 1.16. The predicted molar refractivity (Wildman–Crippen MR) is 97.3 cm³/mol. The molecule has 4 rings (SSSR count). The van der Waals surface area contributed by atoms with E-state index in [-0.39, 0.29) is 11.8 Å². The molecular formula is C19H24N6O2. The minimum absolute atomic E-state index is 0.136. The first-order valence-corrected chi connectivity index (χ1v) is 9.53. The first kappa shape index (κ1) is 17.6. The van der Waals surface area contributed by atoms with Crippen molar-refractivity contribution in [3.63, 3.8) is 0 Å². The van der Waals surface area contributed by atoms with E-state index in [0.717, 1.165) is 49.4 Å². The lowest BCUT2D eigenvalue weighted by molar-refractivity contribution is -0.132. The van der Waals surface area contributed by atoms with Gasteiger partial charge in [0, 0.05) is 44.9 Å². The Morgan fingerprint density at radius 2 is 1.96 bits per heavy atom. The molecule has 27 heavy (non-hydrogen) atoms. The Morgan fingerprint density at radius 1 is 1.11 bits per heavy atom. The molecule has 1 fully saturated rings. The normalized spacial score (nSPS) is 17.1. The van der Waals surface area contributed by atoms with Crippen LogP contribution in [0.1, 0.15) is 42.6 Å². The Bertz CT molecular complexity index is 819. The molecule has 0 bridgehead atoms. The molecule has 0 unspecified atom stereocenters. The van der Waals surface area contributed by atoms with Gasteiger partial charge in [-0.3, -0.25) is 9.59 Å². The van der Waals surface area contributed by atoms with Crippen LogP contribution in [0, 0.1) is 0 Å². The number of hydrogen-bond acceptors (Lipinski definition) is 5. The van der Waals surface area contributed by atoms with Crippen molar-refractivity contribution in [3.8, 4) is 0 Å². The Morgan fingerprint density at radius 3 is 2.74 bits per heavy atom.